The molecule has 2 aliphatic heterocycles. The molecule has 0 atom stereocenters. The summed E-state index contributed by atoms with van der Waals surface area (Å²) in [7, 11) is 3.78. The molecule has 1 aromatic carbocycles. The Morgan fingerprint density at radius 3 is 1.38 bits per heavy atom. The van der Waals surface area contributed by atoms with Crippen molar-refractivity contribution in [3.63, 3.8) is 0 Å². The predicted molar refractivity (Wildman–Crippen MR) is 88.5 cm³/mol. The number of hydrogen-bond donors (Lipinski definition) is 2. The van der Waals surface area contributed by atoms with Gasteiger partial charge in [0.25, 0.3) is 0 Å². The van der Waals surface area contributed by atoms with Crippen LogP contribution in [0.1, 0.15) is 13.8 Å². The summed E-state index contributed by atoms with van der Waals surface area (Å²) in [4.78, 5) is 0. The fourth-order valence-corrected chi connectivity index (χ4v) is 2.14. The highest BCUT2D eigenvalue weighted by atomic mass is 15.9. The van der Waals surface area contributed by atoms with Crippen molar-refractivity contribution in [2.24, 2.45) is 20.7 Å². The van der Waals surface area contributed by atoms with E-state index < -0.39 is 0 Å². The summed E-state index contributed by atoms with van der Waals surface area (Å²) in [5.41, 5.74) is 9.38. The number of allylic oxidation sites excluding steroid dienone is 2. The molecule has 126 valence electrons. The van der Waals surface area contributed by atoms with Crippen molar-refractivity contribution >= 4 is 11.4 Å². The zero-order valence-corrected chi connectivity index (χ0v) is 14.0. The Kier molecular flexibility index (Phi) is 4.40. The first-order valence-corrected chi connectivity index (χ1v) is 7.40. The first kappa shape index (κ1) is 15.9. The van der Waals surface area contributed by atoms with E-state index in [1.165, 1.54) is 0 Å². The van der Waals surface area contributed by atoms with Crippen LogP contribution < -0.4 is 11.1 Å². The number of benzene rings is 1. The Balaban J connectivity index is 1.60. The van der Waals surface area contributed by atoms with Crippen LogP contribution in [0.5, 0.6) is 0 Å². The van der Waals surface area contributed by atoms with E-state index in [4.69, 9.17) is 0 Å². The van der Waals surface area contributed by atoms with Crippen molar-refractivity contribution in [3.8, 4) is 0 Å². The van der Waals surface area contributed by atoms with Crippen LogP contribution >= 0.6 is 0 Å². The monoisotopic (exact) mass is 328 g/mol. The molecule has 1 aromatic rings. The highest BCUT2D eigenvalue weighted by molar-refractivity contribution is 5.46. The highest BCUT2D eigenvalue weighted by Gasteiger charge is 2.14. The SMILES string of the molecule is CC1=CN(C)NN1N=Nc1ccc(N=NN2NN(C)C=C2C)cc1. The molecule has 24 heavy (non-hydrogen) atoms. The minimum atomic E-state index is 0.730. The molecule has 3 rings (SSSR count). The van der Waals surface area contributed by atoms with Crippen LogP contribution in [0.15, 0.2) is 68.7 Å². The summed E-state index contributed by atoms with van der Waals surface area (Å²) in [5, 5.41) is 23.4. The van der Waals surface area contributed by atoms with Gasteiger partial charge in [0.05, 0.1) is 22.8 Å². The molecule has 10 heteroatoms. The standard InChI is InChI=1S/C14H20N10/c1-11-9-21(3)19-23(11)17-15-13-5-7-14(8-6-13)16-18-24-12(2)10-22(4)20-24/h5-10,19-20H,1-4H3. The number of hydrazine groups is 4. The normalized spacial score (nSPS) is 18.3. The Hall–Kier alpha value is -2.98. The molecule has 0 aromatic heterocycles. The maximum absolute atomic E-state index is 4.18. The lowest BCUT2D eigenvalue weighted by molar-refractivity contribution is 0.148. The number of rotatable bonds is 4. The summed E-state index contributed by atoms with van der Waals surface area (Å²) in [6.45, 7) is 3.89. The maximum Gasteiger partial charge on any atom is 0.0876 e. The van der Waals surface area contributed by atoms with Crippen LogP contribution in [-0.4, -0.2) is 34.3 Å². The molecule has 2 aliphatic rings. The summed E-state index contributed by atoms with van der Waals surface area (Å²) in [5.74, 6) is 0. The summed E-state index contributed by atoms with van der Waals surface area (Å²) in [6.07, 6.45) is 3.84. The first-order chi connectivity index (χ1) is 11.5. The van der Waals surface area contributed by atoms with Gasteiger partial charge in [-0.2, -0.15) is 10.2 Å². The van der Waals surface area contributed by atoms with Crippen molar-refractivity contribution in [1.82, 2.24) is 31.3 Å². The second-order valence-corrected chi connectivity index (χ2v) is 5.48. The van der Waals surface area contributed by atoms with Gasteiger partial charge in [-0.3, -0.25) is 10.0 Å². The van der Waals surface area contributed by atoms with Gasteiger partial charge in [0, 0.05) is 26.5 Å². The Labute approximate surface area is 140 Å². The molecule has 0 fully saturated rings. The third-order valence-corrected chi connectivity index (χ3v) is 3.28. The van der Waals surface area contributed by atoms with Gasteiger partial charge in [-0.05, 0) is 48.6 Å². The zero-order chi connectivity index (χ0) is 17.1. The fraction of sp³-hybridized carbons (Fsp3) is 0.286. The van der Waals surface area contributed by atoms with Crippen molar-refractivity contribution in [3.05, 3.63) is 48.1 Å². The first-order valence-electron chi connectivity index (χ1n) is 7.40. The molecule has 0 aliphatic carbocycles. The van der Waals surface area contributed by atoms with Crippen LogP contribution in [0.3, 0.4) is 0 Å². The van der Waals surface area contributed by atoms with Gasteiger partial charge in [-0.15, -0.1) is 21.3 Å². The second kappa shape index (κ2) is 6.64. The van der Waals surface area contributed by atoms with E-state index in [1.807, 2.05) is 64.6 Å². The van der Waals surface area contributed by atoms with Gasteiger partial charge in [0.15, 0.2) is 0 Å². The van der Waals surface area contributed by atoms with Gasteiger partial charge < -0.3 is 0 Å². The number of nitrogens with zero attached hydrogens (tertiary/aromatic N) is 8. The third kappa shape index (κ3) is 3.67. The Morgan fingerprint density at radius 1 is 0.708 bits per heavy atom. The quantitative estimate of drug-likeness (QED) is 0.827. The zero-order valence-electron chi connectivity index (χ0n) is 14.0. The van der Waals surface area contributed by atoms with E-state index in [1.54, 1.807) is 20.3 Å². The van der Waals surface area contributed by atoms with Gasteiger partial charge >= 0.3 is 0 Å². The van der Waals surface area contributed by atoms with E-state index in [2.05, 4.69) is 31.7 Å². The molecular weight excluding hydrogens is 308 g/mol. The van der Waals surface area contributed by atoms with E-state index in [9.17, 15) is 0 Å². The van der Waals surface area contributed by atoms with Crippen LogP contribution in [0.4, 0.5) is 11.4 Å². The number of nitrogens with one attached hydrogen (secondary N) is 2. The molecule has 0 spiro atoms. The topological polar surface area (TPSA) is 86.5 Å². The van der Waals surface area contributed by atoms with E-state index in [0.29, 0.717) is 0 Å². The molecule has 0 saturated carbocycles. The largest absolute Gasteiger partial charge is 0.298 e. The van der Waals surface area contributed by atoms with Crippen molar-refractivity contribution in [2.45, 2.75) is 13.8 Å². The van der Waals surface area contributed by atoms with Crippen molar-refractivity contribution in [2.75, 3.05) is 14.1 Å². The molecule has 0 amide bonds. The number of hydrogen-bond acceptors (Lipinski definition) is 8. The lowest BCUT2D eigenvalue weighted by atomic mass is 10.3. The van der Waals surface area contributed by atoms with Crippen LogP contribution in [0.25, 0.3) is 0 Å². The minimum absolute atomic E-state index is 0.730. The highest BCUT2D eigenvalue weighted by Crippen LogP contribution is 2.21. The molecule has 0 unspecified atom stereocenters. The Bertz CT molecular complexity index is 644. The van der Waals surface area contributed by atoms with Crippen LogP contribution in [-0.2, 0) is 0 Å². The molecule has 2 heterocycles. The van der Waals surface area contributed by atoms with Gasteiger partial charge in [-0.25, -0.2) is 0 Å². The molecule has 2 N–H and O–H groups in total. The summed E-state index contributed by atoms with van der Waals surface area (Å²) < 4.78 is 0. The van der Waals surface area contributed by atoms with E-state index in [-0.39, 0.29) is 0 Å². The van der Waals surface area contributed by atoms with Crippen LogP contribution in [0, 0.1) is 0 Å². The van der Waals surface area contributed by atoms with Gasteiger partial charge in [-0.1, -0.05) is 0 Å². The van der Waals surface area contributed by atoms with Crippen molar-refractivity contribution < 1.29 is 0 Å². The molecule has 10 nitrogen and oxygen atoms in total. The fourth-order valence-electron chi connectivity index (χ4n) is 2.14. The summed E-state index contributed by atoms with van der Waals surface area (Å²) >= 11 is 0. The smallest absolute Gasteiger partial charge is 0.0876 e. The van der Waals surface area contributed by atoms with E-state index in [0.717, 1.165) is 22.8 Å². The minimum Gasteiger partial charge on any atom is -0.298 e. The van der Waals surface area contributed by atoms with Gasteiger partial charge in [0.1, 0.15) is 0 Å². The van der Waals surface area contributed by atoms with Gasteiger partial charge in [0.2, 0.25) is 0 Å². The average molecular weight is 328 g/mol. The lowest BCUT2D eigenvalue weighted by Gasteiger charge is -2.14. The summed E-state index contributed by atoms with van der Waals surface area (Å²) in [6, 6.07) is 7.34. The lowest BCUT2D eigenvalue weighted by Crippen LogP contribution is -2.34. The Morgan fingerprint density at radius 2 is 1.08 bits per heavy atom. The molecular formula is C14H20N10. The third-order valence-electron chi connectivity index (χ3n) is 3.28. The van der Waals surface area contributed by atoms with E-state index >= 15 is 0 Å². The maximum atomic E-state index is 4.18. The second-order valence-electron chi connectivity index (χ2n) is 5.48. The van der Waals surface area contributed by atoms with Crippen LogP contribution in [0.2, 0.25) is 0 Å². The average Bonchev–Trinajstić information content (AvgIpc) is 3.04. The predicted octanol–water partition coefficient (Wildman–Crippen LogP) is 2.74. The molecule has 0 saturated heterocycles. The molecule has 0 radical (unpaired) electrons. The molecule has 0 bridgehead atoms. The van der Waals surface area contributed by atoms with Crippen molar-refractivity contribution in [1.29, 1.82) is 0 Å².